The highest BCUT2D eigenvalue weighted by molar-refractivity contribution is 5.99. The lowest BCUT2D eigenvalue weighted by atomic mass is 9.97. The lowest BCUT2D eigenvalue weighted by molar-refractivity contribution is -0.187. The number of carbonyl (C=O) groups excluding carboxylic acids is 2. The second-order valence-electron chi connectivity index (χ2n) is 5.50. The number of halogens is 3. The number of hydrogen-bond donors (Lipinski definition) is 1. The molecule has 9 heteroatoms. The highest BCUT2D eigenvalue weighted by Crippen LogP contribution is 2.23. The van der Waals surface area contributed by atoms with Gasteiger partial charge in [0.2, 0.25) is 5.91 Å². The maximum absolute atomic E-state index is 12.5. The zero-order valence-corrected chi connectivity index (χ0v) is 13.0. The van der Waals surface area contributed by atoms with Gasteiger partial charge in [-0.25, -0.2) is 5.43 Å². The predicted molar refractivity (Wildman–Crippen MR) is 79.9 cm³/mol. The molecule has 1 aromatic heterocycles. The lowest BCUT2D eigenvalue weighted by Crippen LogP contribution is -2.49. The highest BCUT2D eigenvalue weighted by atomic mass is 19.4. The SMILES string of the molecule is C/C(=N/NC(=O)[C@@H]1CCCN(C(=O)C(F)(F)F)C1)c1cccnc1. The van der Waals surface area contributed by atoms with Crippen molar-refractivity contribution in [3.05, 3.63) is 30.1 Å². The third-order valence-electron chi connectivity index (χ3n) is 3.74. The molecule has 0 bridgehead atoms. The van der Waals surface area contributed by atoms with Crippen molar-refractivity contribution >= 4 is 17.5 Å². The van der Waals surface area contributed by atoms with Gasteiger partial charge < -0.3 is 4.90 Å². The fourth-order valence-electron chi connectivity index (χ4n) is 2.43. The van der Waals surface area contributed by atoms with Gasteiger partial charge in [-0.3, -0.25) is 14.6 Å². The second kappa shape index (κ2) is 7.41. The van der Waals surface area contributed by atoms with Crippen LogP contribution in [-0.2, 0) is 9.59 Å². The van der Waals surface area contributed by atoms with Gasteiger partial charge in [0.15, 0.2) is 0 Å². The first-order chi connectivity index (χ1) is 11.3. The summed E-state index contributed by atoms with van der Waals surface area (Å²) in [7, 11) is 0. The van der Waals surface area contributed by atoms with Crippen LogP contribution in [0.4, 0.5) is 13.2 Å². The number of carbonyl (C=O) groups is 2. The molecule has 0 aliphatic carbocycles. The molecule has 1 aliphatic heterocycles. The molecule has 0 saturated carbocycles. The number of nitrogens with one attached hydrogen (secondary N) is 1. The van der Waals surface area contributed by atoms with E-state index in [1.54, 1.807) is 31.5 Å². The van der Waals surface area contributed by atoms with Gasteiger partial charge in [-0.1, -0.05) is 6.07 Å². The molecule has 2 heterocycles. The summed E-state index contributed by atoms with van der Waals surface area (Å²) in [6, 6.07) is 3.49. The van der Waals surface area contributed by atoms with E-state index >= 15 is 0 Å². The van der Waals surface area contributed by atoms with Crippen molar-refractivity contribution in [1.82, 2.24) is 15.3 Å². The number of nitrogens with zero attached hydrogens (tertiary/aromatic N) is 3. The average Bonchev–Trinajstić information content (AvgIpc) is 2.58. The smallest absolute Gasteiger partial charge is 0.334 e. The summed E-state index contributed by atoms with van der Waals surface area (Å²) in [5.41, 5.74) is 3.59. The molecule has 1 aromatic rings. The molecule has 1 aliphatic rings. The first-order valence-corrected chi connectivity index (χ1v) is 7.39. The molecular weight excluding hydrogens is 325 g/mol. The minimum Gasteiger partial charge on any atom is -0.334 e. The molecule has 2 amide bonds. The summed E-state index contributed by atoms with van der Waals surface area (Å²) >= 11 is 0. The number of amides is 2. The van der Waals surface area contributed by atoms with Gasteiger partial charge in [0.05, 0.1) is 11.6 Å². The van der Waals surface area contributed by atoms with Crippen molar-refractivity contribution in [2.75, 3.05) is 13.1 Å². The maximum atomic E-state index is 12.5. The fourth-order valence-corrected chi connectivity index (χ4v) is 2.43. The second-order valence-corrected chi connectivity index (χ2v) is 5.50. The van der Waals surface area contributed by atoms with Crippen LogP contribution in [-0.4, -0.2) is 46.7 Å². The number of rotatable bonds is 3. The van der Waals surface area contributed by atoms with E-state index in [2.05, 4.69) is 15.5 Å². The summed E-state index contributed by atoms with van der Waals surface area (Å²) in [4.78, 5) is 28.0. The van der Waals surface area contributed by atoms with E-state index in [-0.39, 0.29) is 13.1 Å². The van der Waals surface area contributed by atoms with Crippen LogP contribution in [0.3, 0.4) is 0 Å². The molecule has 1 N–H and O–H groups in total. The zero-order valence-electron chi connectivity index (χ0n) is 13.0. The standard InChI is InChI=1S/C15H17F3N4O2/c1-10(11-4-2-6-19-8-11)20-21-13(23)12-5-3-7-22(9-12)14(24)15(16,17)18/h2,4,6,8,12H,3,5,7,9H2,1H3,(H,21,23)/b20-10-/t12-/m1/s1. The predicted octanol–water partition coefficient (Wildman–Crippen LogP) is 1.72. The topological polar surface area (TPSA) is 74.7 Å². The molecule has 0 unspecified atom stereocenters. The van der Waals surface area contributed by atoms with E-state index in [9.17, 15) is 22.8 Å². The molecule has 0 aromatic carbocycles. The van der Waals surface area contributed by atoms with Gasteiger partial charge in [-0.05, 0) is 25.8 Å². The van der Waals surface area contributed by atoms with E-state index in [4.69, 9.17) is 0 Å². The van der Waals surface area contributed by atoms with Gasteiger partial charge in [0.25, 0.3) is 0 Å². The first kappa shape index (κ1) is 17.9. The van der Waals surface area contributed by atoms with E-state index in [0.29, 0.717) is 23.5 Å². The Morgan fingerprint density at radius 2 is 2.17 bits per heavy atom. The minimum atomic E-state index is -4.92. The van der Waals surface area contributed by atoms with E-state index in [0.717, 1.165) is 5.56 Å². The molecule has 0 radical (unpaired) electrons. The molecule has 1 saturated heterocycles. The summed E-state index contributed by atoms with van der Waals surface area (Å²) < 4.78 is 37.5. The van der Waals surface area contributed by atoms with Crippen molar-refractivity contribution < 1.29 is 22.8 Å². The number of alkyl halides is 3. The van der Waals surface area contributed by atoms with E-state index < -0.39 is 23.9 Å². The van der Waals surface area contributed by atoms with Crippen LogP contribution < -0.4 is 5.43 Å². The molecule has 24 heavy (non-hydrogen) atoms. The summed E-state index contributed by atoms with van der Waals surface area (Å²) in [6.45, 7) is 1.42. The zero-order chi connectivity index (χ0) is 17.7. The maximum Gasteiger partial charge on any atom is 0.471 e. The Morgan fingerprint density at radius 3 is 2.79 bits per heavy atom. The Labute approximate surface area is 136 Å². The van der Waals surface area contributed by atoms with Crippen LogP contribution in [0.25, 0.3) is 0 Å². The number of hydrogen-bond acceptors (Lipinski definition) is 4. The molecule has 0 spiro atoms. The van der Waals surface area contributed by atoms with Crippen LogP contribution >= 0.6 is 0 Å². The van der Waals surface area contributed by atoms with Crippen LogP contribution in [0.2, 0.25) is 0 Å². The van der Waals surface area contributed by atoms with Crippen LogP contribution in [0.5, 0.6) is 0 Å². The van der Waals surface area contributed by atoms with Crippen molar-refractivity contribution in [1.29, 1.82) is 0 Å². The Morgan fingerprint density at radius 1 is 1.42 bits per heavy atom. The number of hydrazone groups is 1. The molecule has 2 rings (SSSR count). The van der Waals surface area contributed by atoms with Gasteiger partial charge in [0.1, 0.15) is 0 Å². The summed E-state index contributed by atoms with van der Waals surface area (Å²) in [5.74, 6) is -3.12. The summed E-state index contributed by atoms with van der Waals surface area (Å²) in [5, 5.41) is 3.94. The first-order valence-electron chi connectivity index (χ1n) is 7.39. The normalized spacial score (nSPS) is 19.1. The van der Waals surface area contributed by atoms with Crippen molar-refractivity contribution in [3.63, 3.8) is 0 Å². The van der Waals surface area contributed by atoms with Gasteiger partial charge in [0, 0.05) is 31.0 Å². The monoisotopic (exact) mass is 342 g/mol. The Kier molecular flexibility index (Phi) is 5.53. The van der Waals surface area contributed by atoms with E-state index in [1.807, 2.05) is 0 Å². The van der Waals surface area contributed by atoms with Crippen molar-refractivity contribution in [2.24, 2.45) is 11.0 Å². The number of piperidine rings is 1. The quantitative estimate of drug-likeness (QED) is 0.671. The third-order valence-corrected chi connectivity index (χ3v) is 3.74. The molecule has 1 fully saturated rings. The van der Waals surface area contributed by atoms with Crippen LogP contribution in [0.15, 0.2) is 29.6 Å². The Bertz CT molecular complexity index is 631. The molecule has 1 atom stereocenters. The number of aromatic nitrogens is 1. The van der Waals surface area contributed by atoms with Crippen LogP contribution in [0, 0.1) is 5.92 Å². The summed E-state index contributed by atoms with van der Waals surface area (Å²) in [6.07, 6.45) is -0.994. The van der Waals surface area contributed by atoms with Crippen molar-refractivity contribution in [3.8, 4) is 0 Å². The Balaban J connectivity index is 1.96. The van der Waals surface area contributed by atoms with Gasteiger partial charge >= 0.3 is 12.1 Å². The van der Waals surface area contributed by atoms with Gasteiger partial charge in [-0.2, -0.15) is 18.3 Å². The third kappa shape index (κ3) is 4.53. The average molecular weight is 342 g/mol. The largest absolute Gasteiger partial charge is 0.471 e. The molecule has 130 valence electrons. The fraction of sp³-hybridized carbons (Fsp3) is 0.467. The number of pyridine rings is 1. The van der Waals surface area contributed by atoms with Gasteiger partial charge in [-0.15, -0.1) is 0 Å². The Hall–Kier alpha value is -2.45. The molecular formula is C15H17F3N4O2. The molecule has 6 nitrogen and oxygen atoms in total. The van der Waals surface area contributed by atoms with Crippen LogP contribution in [0.1, 0.15) is 25.3 Å². The van der Waals surface area contributed by atoms with E-state index in [1.165, 1.54) is 0 Å². The lowest BCUT2D eigenvalue weighted by Gasteiger charge is -2.32. The minimum absolute atomic E-state index is 0.000103. The highest BCUT2D eigenvalue weighted by Gasteiger charge is 2.44. The van der Waals surface area contributed by atoms with Crippen molar-refractivity contribution in [2.45, 2.75) is 25.9 Å². The number of likely N-dealkylation sites (tertiary alicyclic amines) is 1.